The zero-order valence-electron chi connectivity index (χ0n) is 8.11. The Balaban J connectivity index is 2.69. The first-order chi connectivity index (χ1) is 6.09. The van der Waals surface area contributed by atoms with E-state index in [0.29, 0.717) is 6.04 Å². The highest BCUT2D eigenvalue weighted by Gasteiger charge is 2.00. The number of alkyl halides is 1. The van der Waals surface area contributed by atoms with Crippen molar-refractivity contribution >= 4 is 17.7 Å². The van der Waals surface area contributed by atoms with Gasteiger partial charge in [0.25, 0.3) is 0 Å². The number of rotatable bonds is 3. The normalized spacial score (nSPS) is 14.2. The lowest BCUT2D eigenvalue weighted by atomic mass is 10.3. The van der Waals surface area contributed by atoms with Crippen molar-refractivity contribution in [3.05, 3.63) is 18.0 Å². The molecule has 0 saturated heterocycles. The third kappa shape index (κ3) is 3.19. The maximum atomic E-state index is 5.76. The molecular weight excluding hydrogens is 186 g/mol. The molecule has 0 aromatic carbocycles. The fourth-order valence-electron chi connectivity index (χ4n) is 0.850. The first-order valence-electron chi connectivity index (χ1n) is 4.33. The summed E-state index contributed by atoms with van der Waals surface area (Å²) in [6.45, 7) is 6.03. The van der Waals surface area contributed by atoms with E-state index < -0.39 is 0 Å². The van der Waals surface area contributed by atoms with Crippen molar-refractivity contribution in [2.45, 2.75) is 32.2 Å². The van der Waals surface area contributed by atoms with Crippen molar-refractivity contribution in [3.63, 3.8) is 0 Å². The maximum Gasteiger partial charge on any atom is 0.105 e. The van der Waals surface area contributed by atoms with Crippen LogP contribution in [0.3, 0.4) is 0 Å². The average molecular weight is 200 g/mol. The first-order valence-corrected chi connectivity index (χ1v) is 4.77. The van der Waals surface area contributed by atoms with Crippen LogP contribution < -0.4 is 0 Å². The molecule has 4 heteroatoms. The topological polar surface area (TPSA) is 30.7 Å². The second-order valence-electron chi connectivity index (χ2n) is 3.25. The van der Waals surface area contributed by atoms with E-state index in [-0.39, 0.29) is 5.38 Å². The molecule has 0 spiro atoms. The lowest BCUT2D eigenvalue weighted by molar-refractivity contribution is 0.514. The van der Waals surface area contributed by atoms with Gasteiger partial charge in [-0.25, -0.2) is 4.68 Å². The van der Waals surface area contributed by atoms with E-state index in [1.807, 2.05) is 30.0 Å². The largest absolute Gasteiger partial charge is 0.249 e. The minimum absolute atomic E-state index is 0.0317. The van der Waals surface area contributed by atoms with Crippen LogP contribution in [0.1, 0.15) is 32.5 Å². The summed E-state index contributed by atoms with van der Waals surface area (Å²) < 4.78 is 1.82. The molecule has 1 atom stereocenters. The van der Waals surface area contributed by atoms with Gasteiger partial charge in [0.2, 0.25) is 0 Å². The highest BCUT2D eigenvalue weighted by Crippen LogP contribution is 2.05. The molecular formula is C9H14ClN3. The molecule has 3 nitrogen and oxygen atoms in total. The van der Waals surface area contributed by atoms with E-state index in [0.717, 1.165) is 5.69 Å². The predicted octanol–water partition coefficient (Wildman–Crippen LogP) is 2.50. The van der Waals surface area contributed by atoms with Gasteiger partial charge in [-0.3, -0.25) is 0 Å². The van der Waals surface area contributed by atoms with Gasteiger partial charge in [0.15, 0.2) is 0 Å². The summed E-state index contributed by atoms with van der Waals surface area (Å²) in [6.07, 6.45) is 5.67. The third-order valence-corrected chi connectivity index (χ3v) is 1.73. The molecule has 0 fully saturated rings. The minimum atomic E-state index is 0.0317. The SMILES string of the molecule is CC(Cl)/C=C/c1cn(C(C)C)nn1. The van der Waals surface area contributed by atoms with Gasteiger partial charge in [-0.1, -0.05) is 11.3 Å². The molecule has 1 aromatic rings. The second kappa shape index (κ2) is 4.42. The number of nitrogens with zero attached hydrogens (tertiary/aromatic N) is 3. The predicted molar refractivity (Wildman–Crippen MR) is 54.8 cm³/mol. The Bertz CT molecular complexity index is 289. The Kier molecular flexibility index (Phi) is 3.48. The summed E-state index contributed by atoms with van der Waals surface area (Å²) in [5.74, 6) is 0. The summed E-state index contributed by atoms with van der Waals surface area (Å²) >= 11 is 5.76. The van der Waals surface area contributed by atoms with Crippen LogP contribution in [-0.2, 0) is 0 Å². The lowest BCUT2D eigenvalue weighted by Crippen LogP contribution is -2.00. The van der Waals surface area contributed by atoms with Crippen molar-refractivity contribution in [3.8, 4) is 0 Å². The Morgan fingerprint density at radius 1 is 1.46 bits per heavy atom. The van der Waals surface area contributed by atoms with Crippen molar-refractivity contribution in [1.29, 1.82) is 0 Å². The monoisotopic (exact) mass is 199 g/mol. The van der Waals surface area contributed by atoms with Crippen LogP contribution in [-0.4, -0.2) is 20.4 Å². The van der Waals surface area contributed by atoms with Gasteiger partial charge in [0.05, 0.1) is 6.20 Å². The molecule has 1 rings (SSSR count). The maximum absolute atomic E-state index is 5.76. The molecule has 0 bridgehead atoms. The first kappa shape index (κ1) is 10.3. The Hall–Kier alpha value is -0.830. The van der Waals surface area contributed by atoms with Crippen molar-refractivity contribution in [1.82, 2.24) is 15.0 Å². The van der Waals surface area contributed by atoms with E-state index in [1.54, 1.807) is 0 Å². The molecule has 0 saturated carbocycles. The van der Waals surface area contributed by atoms with Crippen molar-refractivity contribution in [2.75, 3.05) is 0 Å². The van der Waals surface area contributed by atoms with Crippen LogP contribution >= 0.6 is 11.6 Å². The minimum Gasteiger partial charge on any atom is -0.249 e. The van der Waals surface area contributed by atoms with E-state index in [4.69, 9.17) is 11.6 Å². The molecule has 0 aliphatic carbocycles. The molecule has 0 radical (unpaired) electrons. The Morgan fingerprint density at radius 3 is 2.62 bits per heavy atom. The summed E-state index contributed by atoms with van der Waals surface area (Å²) in [5.41, 5.74) is 0.848. The smallest absolute Gasteiger partial charge is 0.105 e. The van der Waals surface area contributed by atoms with Gasteiger partial charge in [0.1, 0.15) is 5.69 Å². The zero-order valence-corrected chi connectivity index (χ0v) is 8.86. The van der Waals surface area contributed by atoms with Crippen LogP contribution in [0.25, 0.3) is 6.08 Å². The van der Waals surface area contributed by atoms with Gasteiger partial charge in [-0.05, 0) is 26.8 Å². The summed E-state index contributed by atoms with van der Waals surface area (Å²) in [7, 11) is 0. The van der Waals surface area contributed by atoms with Gasteiger partial charge in [0, 0.05) is 11.4 Å². The molecule has 0 N–H and O–H groups in total. The number of hydrogen-bond donors (Lipinski definition) is 0. The zero-order chi connectivity index (χ0) is 9.84. The van der Waals surface area contributed by atoms with Crippen LogP contribution in [0, 0.1) is 0 Å². The average Bonchev–Trinajstić information content (AvgIpc) is 2.48. The highest BCUT2D eigenvalue weighted by atomic mass is 35.5. The fourth-order valence-corrected chi connectivity index (χ4v) is 0.923. The molecule has 1 aromatic heterocycles. The van der Waals surface area contributed by atoms with E-state index >= 15 is 0 Å². The second-order valence-corrected chi connectivity index (χ2v) is 3.94. The standard InChI is InChI=1S/C9H14ClN3/c1-7(2)13-6-9(11-12-13)5-4-8(3)10/h4-8H,1-3H3/b5-4+. The van der Waals surface area contributed by atoms with Crippen LogP contribution in [0.2, 0.25) is 0 Å². The van der Waals surface area contributed by atoms with E-state index in [9.17, 15) is 0 Å². The van der Waals surface area contributed by atoms with E-state index in [1.165, 1.54) is 0 Å². The van der Waals surface area contributed by atoms with Crippen molar-refractivity contribution in [2.24, 2.45) is 0 Å². The van der Waals surface area contributed by atoms with Gasteiger partial charge >= 0.3 is 0 Å². The summed E-state index contributed by atoms with van der Waals surface area (Å²) in [6, 6.07) is 0.350. The molecule has 0 amide bonds. The lowest BCUT2D eigenvalue weighted by Gasteiger charge is -2.00. The van der Waals surface area contributed by atoms with Crippen LogP contribution in [0.15, 0.2) is 12.3 Å². The van der Waals surface area contributed by atoms with Crippen LogP contribution in [0.4, 0.5) is 0 Å². The van der Waals surface area contributed by atoms with E-state index in [2.05, 4.69) is 24.2 Å². The number of hydrogen-bond acceptors (Lipinski definition) is 2. The third-order valence-electron chi connectivity index (χ3n) is 1.59. The Morgan fingerprint density at radius 2 is 2.15 bits per heavy atom. The van der Waals surface area contributed by atoms with Gasteiger partial charge < -0.3 is 0 Å². The molecule has 0 aliphatic heterocycles. The molecule has 1 heterocycles. The number of aromatic nitrogens is 3. The Labute approximate surface area is 83.4 Å². The molecule has 13 heavy (non-hydrogen) atoms. The number of halogens is 1. The number of allylic oxidation sites excluding steroid dienone is 1. The fraction of sp³-hybridized carbons (Fsp3) is 0.556. The molecule has 1 unspecified atom stereocenters. The van der Waals surface area contributed by atoms with Crippen molar-refractivity contribution < 1.29 is 0 Å². The highest BCUT2D eigenvalue weighted by molar-refractivity contribution is 6.21. The molecule has 0 aliphatic rings. The summed E-state index contributed by atoms with van der Waals surface area (Å²) in [4.78, 5) is 0. The molecule has 72 valence electrons. The van der Waals surface area contributed by atoms with Gasteiger partial charge in [-0.2, -0.15) is 0 Å². The van der Waals surface area contributed by atoms with Crippen LogP contribution in [0.5, 0.6) is 0 Å². The summed E-state index contributed by atoms with van der Waals surface area (Å²) in [5, 5.41) is 7.97. The quantitative estimate of drug-likeness (QED) is 0.701. The van der Waals surface area contributed by atoms with Gasteiger partial charge in [-0.15, -0.1) is 16.7 Å².